The predicted octanol–water partition coefficient (Wildman–Crippen LogP) is 3.26. The summed E-state index contributed by atoms with van der Waals surface area (Å²) in [7, 11) is 0. The minimum absolute atomic E-state index is 0.0381. The SMILES string of the molecule is CC(C)C(C)C(C=O)c1ccccc1. The van der Waals surface area contributed by atoms with E-state index < -0.39 is 0 Å². The quantitative estimate of drug-likeness (QED) is 0.666. The average molecular weight is 190 g/mol. The largest absolute Gasteiger partial charge is 0.303 e. The normalized spacial score (nSPS) is 15.1. The number of benzene rings is 1. The zero-order valence-corrected chi connectivity index (χ0v) is 9.10. The molecule has 0 saturated carbocycles. The van der Waals surface area contributed by atoms with Crippen molar-refractivity contribution in [2.45, 2.75) is 26.7 Å². The molecule has 1 rings (SSSR count). The van der Waals surface area contributed by atoms with E-state index in [0.29, 0.717) is 11.8 Å². The second-order valence-corrected chi connectivity index (χ2v) is 4.18. The Bertz CT molecular complexity index is 277. The molecular weight excluding hydrogens is 172 g/mol. The third-order valence-corrected chi connectivity index (χ3v) is 2.95. The maximum atomic E-state index is 11.1. The van der Waals surface area contributed by atoms with Crippen molar-refractivity contribution in [2.24, 2.45) is 11.8 Å². The van der Waals surface area contributed by atoms with E-state index in [1.165, 1.54) is 0 Å². The van der Waals surface area contributed by atoms with E-state index in [1.807, 2.05) is 30.3 Å². The maximum absolute atomic E-state index is 11.1. The molecule has 76 valence electrons. The van der Waals surface area contributed by atoms with Crippen LogP contribution < -0.4 is 0 Å². The molecule has 1 nitrogen and oxygen atoms in total. The van der Waals surface area contributed by atoms with Crippen LogP contribution in [0.3, 0.4) is 0 Å². The summed E-state index contributed by atoms with van der Waals surface area (Å²) in [6, 6.07) is 10.00. The molecule has 0 heterocycles. The predicted molar refractivity (Wildman–Crippen MR) is 59.2 cm³/mol. The van der Waals surface area contributed by atoms with Gasteiger partial charge >= 0.3 is 0 Å². The van der Waals surface area contributed by atoms with Crippen LogP contribution in [0.5, 0.6) is 0 Å². The summed E-state index contributed by atoms with van der Waals surface area (Å²) in [6.07, 6.45) is 1.07. The molecule has 0 aliphatic heterocycles. The fourth-order valence-corrected chi connectivity index (χ4v) is 1.60. The summed E-state index contributed by atoms with van der Waals surface area (Å²) < 4.78 is 0. The molecule has 2 atom stereocenters. The molecule has 1 aromatic carbocycles. The van der Waals surface area contributed by atoms with Crippen molar-refractivity contribution in [3.05, 3.63) is 35.9 Å². The van der Waals surface area contributed by atoms with Crippen molar-refractivity contribution in [3.8, 4) is 0 Å². The van der Waals surface area contributed by atoms with Crippen LogP contribution in [0.4, 0.5) is 0 Å². The molecule has 0 fully saturated rings. The third-order valence-electron chi connectivity index (χ3n) is 2.95. The van der Waals surface area contributed by atoms with Gasteiger partial charge in [0.1, 0.15) is 6.29 Å². The number of aldehydes is 1. The molecule has 0 aromatic heterocycles. The Balaban J connectivity index is 2.88. The number of carbonyl (C=O) groups excluding carboxylic acids is 1. The number of hydrogen-bond donors (Lipinski definition) is 0. The van der Waals surface area contributed by atoms with E-state index >= 15 is 0 Å². The molecule has 1 aromatic rings. The van der Waals surface area contributed by atoms with Gasteiger partial charge in [-0.25, -0.2) is 0 Å². The van der Waals surface area contributed by atoms with Gasteiger partial charge in [-0.05, 0) is 17.4 Å². The number of carbonyl (C=O) groups is 1. The second-order valence-electron chi connectivity index (χ2n) is 4.18. The van der Waals surface area contributed by atoms with Gasteiger partial charge in [-0.1, -0.05) is 51.1 Å². The third kappa shape index (κ3) is 2.44. The van der Waals surface area contributed by atoms with E-state index in [2.05, 4.69) is 20.8 Å². The summed E-state index contributed by atoms with van der Waals surface area (Å²) in [5.74, 6) is 0.969. The lowest BCUT2D eigenvalue weighted by Crippen LogP contribution is -2.16. The number of hydrogen-bond acceptors (Lipinski definition) is 1. The standard InChI is InChI=1S/C13H18O/c1-10(2)11(3)13(9-14)12-7-5-4-6-8-12/h4-11,13H,1-3H3. The van der Waals surface area contributed by atoms with Crippen LogP contribution in [0.2, 0.25) is 0 Å². The van der Waals surface area contributed by atoms with Gasteiger partial charge in [0.05, 0.1) is 0 Å². The van der Waals surface area contributed by atoms with E-state index in [-0.39, 0.29) is 5.92 Å². The Kier molecular flexibility index (Phi) is 3.87. The van der Waals surface area contributed by atoms with Gasteiger partial charge in [0.15, 0.2) is 0 Å². The van der Waals surface area contributed by atoms with Crippen molar-refractivity contribution in [2.75, 3.05) is 0 Å². The molecule has 0 saturated heterocycles. The van der Waals surface area contributed by atoms with Crippen LogP contribution in [0.25, 0.3) is 0 Å². The second kappa shape index (κ2) is 4.94. The molecule has 0 radical (unpaired) electrons. The topological polar surface area (TPSA) is 17.1 Å². The Labute approximate surface area is 86.1 Å². The van der Waals surface area contributed by atoms with Crippen molar-refractivity contribution >= 4 is 6.29 Å². The van der Waals surface area contributed by atoms with Gasteiger partial charge in [0.2, 0.25) is 0 Å². The number of rotatable bonds is 4. The van der Waals surface area contributed by atoms with Gasteiger partial charge in [0, 0.05) is 5.92 Å². The molecule has 2 unspecified atom stereocenters. The van der Waals surface area contributed by atoms with Crippen LogP contribution in [-0.4, -0.2) is 6.29 Å². The summed E-state index contributed by atoms with van der Waals surface area (Å²) >= 11 is 0. The first-order chi connectivity index (χ1) is 6.66. The minimum Gasteiger partial charge on any atom is -0.303 e. The van der Waals surface area contributed by atoms with Gasteiger partial charge in [-0.3, -0.25) is 0 Å². The van der Waals surface area contributed by atoms with Gasteiger partial charge < -0.3 is 4.79 Å². The lowest BCUT2D eigenvalue weighted by molar-refractivity contribution is -0.110. The molecule has 0 amide bonds. The van der Waals surface area contributed by atoms with Gasteiger partial charge in [0.25, 0.3) is 0 Å². The molecule has 1 heteroatoms. The molecule has 14 heavy (non-hydrogen) atoms. The van der Waals surface area contributed by atoms with Crippen molar-refractivity contribution < 1.29 is 4.79 Å². The van der Waals surface area contributed by atoms with E-state index in [0.717, 1.165) is 11.8 Å². The average Bonchev–Trinajstić information content (AvgIpc) is 2.20. The van der Waals surface area contributed by atoms with Gasteiger partial charge in [-0.2, -0.15) is 0 Å². The van der Waals surface area contributed by atoms with Crippen molar-refractivity contribution in [3.63, 3.8) is 0 Å². The first-order valence-electron chi connectivity index (χ1n) is 5.17. The molecule has 0 aliphatic rings. The fraction of sp³-hybridized carbons (Fsp3) is 0.462. The van der Waals surface area contributed by atoms with Crippen LogP contribution in [0.15, 0.2) is 30.3 Å². The van der Waals surface area contributed by atoms with E-state index in [1.54, 1.807) is 0 Å². The highest BCUT2D eigenvalue weighted by Crippen LogP contribution is 2.27. The molecule has 0 spiro atoms. The summed E-state index contributed by atoms with van der Waals surface area (Å²) in [5, 5.41) is 0. The lowest BCUT2D eigenvalue weighted by Gasteiger charge is -2.22. The molecular formula is C13H18O. The molecule has 0 aliphatic carbocycles. The zero-order chi connectivity index (χ0) is 10.6. The molecule has 0 N–H and O–H groups in total. The Morgan fingerprint density at radius 2 is 1.64 bits per heavy atom. The monoisotopic (exact) mass is 190 g/mol. The smallest absolute Gasteiger partial charge is 0.127 e. The van der Waals surface area contributed by atoms with Crippen LogP contribution in [0.1, 0.15) is 32.3 Å². The zero-order valence-electron chi connectivity index (χ0n) is 9.10. The summed E-state index contributed by atoms with van der Waals surface area (Å²) in [4.78, 5) is 11.1. The van der Waals surface area contributed by atoms with Crippen LogP contribution in [-0.2, 0) is 4.79 Å². The highest BCUT2D eigenvalue weighted by atomic mass is 16.1. The van der Waals surface area contributed by atoms with Crippen LogP contribution >= 0.6 is 0 Å². The maximum Gasteiger partial charge on any atom is 0.127 e. The van der Waals surface area contributed by atoms with Crippen molar-refractivity contribution in [1.82, 2.24) is 0 Å². The Morgan fingerprint density at radius 3 is 2.07 bits per heavy atom. The minimum atomic E-state index is 0.0381. The summed E-state index contributed by atoms with van der Waals surface area (Å²) in [5.41, 5.74) is 1.13. The highest BCUT2D eigenvalue weighted by molar-refractivity contribution is 5.62. The van der Waals surface area contributed by atoms with Crippen molar-refractivity contribution in [1.29, 1.82) is 0 Å². The first-order valence-corrected chi connectivity index (χ1v) is 5.17. The fourth-order valence-electron chi connectivity index (χ4n) is 1.60. The van der Waals surface area contributed by atoms with E-state index in [9.17, 15) is 4.79 Å². The van der Waals surface area contributed by atoms with Crippen LogP contribution in [0, 0.1) is 11.8 Å². The highest BCUT2D eigenvalue weighted by Gasteiger charge is 2.20. The first kappa shape index (κ1) is 11.0. The van der Waals surface area contributed by atoms with E-state index in [4.69, 9.17) is 0 Å². The lowest BCUT2D eigenvalue weighted by atomic mass is 9.81. The summed E-state index contributed by atoms with van der Waals surface area (Å²) in [6.45, 7) is 6.45. The Hall–Kier alpha value is -1.11. The molecule has 0 bridgehead atoms. The Morgan fingerprint density at radius 1 is 1.07 bits per heavy atom. The van der Waals surface area contributed by atoms with Gasteiger partial charge in [-0.15, -0.1) is 0 Å².